The summed E-state index contributed by atoms with van der Waals surface area (Å²) in [6.07, 6.45) is 0.858. The van der Waals surface area contributed by atoms with Gasteiger partial charge in [0.15, 0.2) is 3.24 Å². The van der Waals surface area contributed by atoms with Crippen molar-refractivity contribution in [2.75, 3.05) is 0 Å². The summed E-state index contributed by atoms with van der Waals surface area (Å²) in [6.45, 7) is 0. The van der Waals surface area contributed by atoms with Crippen LogP contribution >= 0.6 is 39.1 Å². The van der Waals surface area contributed by atoms with Gasteiger partial charge in [0.1, 0.15) is 0 Å². The molecule has 3 nitrogen and oxygen atoms in total. The summed E-state index contributed by atoms with van der Waals surface area (Å²) in [5.74, 6) is 0. The summed E-state index contributed by atoms with van der Waals surface area (Å²) in [5.41, 5.74) is 0.732. The van der Waals surface area contributed by atoms with Crippen LogP contribution in [0.1, 0.15) is 12.0 Å². The second-order valence-corrected chi connectivity index (χ2v) is 6.75. The van der Waals surface area contributed by atoms with Crippen LogP contribution in [0, 0.1) is 10.1 Å². The molecular formula is C9H8BrCl2NO2. The highest BCUT2D eigenvalue weighted by molar-refractivity contribution is 9.11. The van der Waals surface area contributed by atoms with Crippen LogP contribution in [0.5, 0.6) is 0 Å². The van der Waals surface area contributed by atoms with Gasteiger partial charge in [0.2, 0.25) is 0 Å². The Morgan fingerprint density at radius 3 is 2.53 bits per heavy atom. The smallest absolute Gasteiger partial charge is 0.258 e. The van der Waals surface area contributed by atoms with Crippen LogP contribution in [0.25, 0.3) is 0 Å². The van der Waals surface area contributed by atoms with Crippen LogP contribution in [-0.4, -0.2) is 8.17 Å². The maximum Gasteiger partial charge on any atom is 0.272 e. The lowest BCUT2D eigenvalue weighted by Crippen LogP contribution is -2.04. The summed E-state index contributed by atoms with van der Waals surface area (Å²) in [6, 6.07) is 6.55. The fraction of sp³-hybridized carbons (Fsp3) is 0.333. The van der Waals surface area contributed by atoms with Crippen molar-refractivity contribution in [3.05, 3.63) is 39.9 Å². The second kappa shape index (κ2) is 5.14. The van der Waals surface area contributed by atoms with E-state index in [1.54, 1.807) is 18.2 Å². The van der Waals surface area contributed by atoms with E-state index in [0.29, 0.717) is 18.4 Å². The number of hydrogen-bond acceptors (Lipinski definition) is 2. The number of para-hydroxylation sites is 1. The normalized spacial score (nSPS) is 11.4. The molecule has 1 rings (SSSR count). The van der Waals surface area contributed by atoms with Gasteiger partial charge in [-0.1, -0.05) is 41.4 Å². The zero-order valence-corrected chi connectivity index (χ0v) is 10.7. The molecule has 0 amide bonds. The van der Waals surface area contributed by atoms with Gasteiger partial charge >= 0.3 is 0 Å². The van der Waals surface area contributed by atoms with E-state index >= 15 is 0 Å². The van der Waals surface area contributed by atoms with E-state index in [4.69, 9.17) is 23.2 Å². The first kappa shape index (κ1) is 12.7. The van der Waals surface area contributed by atoms with E-state index in [9.17, 15) is 10.1 Å². The fourth-order valence-corrected chi connectivity index (χ4v) is 1.56. The minimum Gasteiger partial charge on any atom is -0.258 e. The van der Waals surface area contributed by atoms with E-state index in [0.717, 1.165) is 0 Å². The number of alkyl halides is 3. The van der Waals surface area contributed by atoms with Gasteiger partial charge in [-0.15, -0.1) is 0 Å². The topological polar surface area (TPSA) is 43.1 Å². The molecule has 0 unspecified atom stereocenters. The highest BCUT2D eigenvalue weighted by Gasteiger charge is 2.21. The molecule has 1 aromatic carbocycles. The Balaban J connectivity index is 2.81. The molecule has 15 heavy (non-hydrogen) atoms. The van der Waals surface area contributed by atoms with E-state index in [2.05, 4.69) is 15.9 Å². The van der Waals surface area contributed by atoms with E-state index in [1.807, 2.05) is 0 Å². The van der Waals surface area contributed by atoms with Crippen molar-refractivity contribution in [2.45, 2.75) is 16.1 Å². The van der Waals surface area contributed by atoms with Gasteiger partial charge in [0, 0.05) is 11.6 Å². The Hall–Kier alpha value is -0.320. The van der Waals surface area contributed by atoms with Gasteiger partial charge in [-0.05, 0) is 28.8 Å². The predicted molar refractivity (Wildman–Crippen MR) is 64.8 cm³/mol. The van der Waals surface area contributed by atoms with Crippen molar-refractivity contribution in [1.82, 2.24) is 0 Å². The maximum atomic E-state index is 10.7. The van der Waals surface area contributed by atoms with Crippen molar-refractivity contribution < 1.29 is 4.92 Å². The van der Waals surface area contributed by atoms with Gasteiger partial charge in [-0.2, -0.15) is 0 Å². The molecule has 0 atom stereocenters. The summed E-state index contributed by atoms with van der Waals surface area (Å²) in [7, 11) is 0. The van der Waals surface area contributed by atoms with Crippen molar-refractivity contribution in [2.24, 2.45) is 0 Å². The maximum absolute atomic E-state index is 10.7. The van der Waals surface area contributed by atoms with Crippen LogP contribution in [-0.2, 0) is 6.42 Å². The zero-order chi connectivity index (χ0) is 11.5. The summed E-state index contributed by atoms with van der Waals surface area (Å²) in [4.78, 5) is 10.3. The van der Waals surface area contributed by atoms with Gasteiger partial charge in [0.05, 0.1) is 4.92 Å². The van der Waals surface area contributed by atoms with E-state index < -0.39 is 8.17 Å². The monoisotopic (exact) mass is 311 g/mol. The second-order valence-electron chi connectivity index (χ2n) is 3.00. The van der Waals surface area contributed by atoms with Crippen molar-refractivity contribution in [3.8, 4) is 0 Å². The Bertz CT molecular complexity index is 365. The highest BCUT2D eigenvalue weighted by atomic mass is 79.9. The average molecular weight is 313 g/mol. The quantitative estimate of drug-likeness (QED) is 0.478. The molecule has 0 aliphatic heterocycles. The molecule has 0 saturated carbocycles. The number of nitro benzene ring substituents is 1. The number of halogens is 3. The first-order valence-corrected chi connectivity index (χ1v) is 5.74. The molecule has 0 aliphatic rings. The molecule has 0 saturated heterocycles. The number of benzene rings is 1. The van der Waals surface area contributed by atoms with Gasteiger partial charge < -0.3 is 0 Å². The third-order valence-electron chi connectivity index (χ3n) is 1.87. The molecule has 0 fully saturated rings. The predicted octanol–water partition coefficient (Wildman–Crippen LogP) is 4.05. The molecular weight excluding hydrogens is 305 g/mol. The van der Waals surface area contributed by atoms with Gasteiger partial charge in [-0.3, -0.25) is 10.1 Å². The summed E-state index contributed by atoms with van der Waals surface area (Å²) >= 11 is 14.5. The van der Waals surface area contributed by atoms with Crippen LogP contribution in [0.4, 0.5) is 5.69 Å². The Kier molecular flexibility index (Phi) is 4.37. The van der Waals surface area contributed by atoms with Crippen LogP contribution in [0.15, 0.2) is 24.3 Å². The summed E-state index contributed by atoms with van der Waals surface area (Å²) in [5, 5.41) is 10.7. The van der Waals surface area contributed by atoms with Gasteiger partial charge in [-0.25, -0.2) is 0 Å². The number of rotatable bonds is 4. The molecule has 1 aromatic rings. The molecule has 0 heterocycles. The highest BCUT2D eigenvalue weighted by Crippen LogP contribution is 2.34. The fourth-order valence-electron chi connectivity index (χ4n) is 1.18. The van der Waals surface area contributed by atoms with Crippen molar-refractivity contribution >= 4 is 44.8 Å². The standard InChI is InChI=1S/C9H8BrCl2NO2/c10-9(11,12)6-5-7-3-1-2-4-8(7)13(14)15/h1-4H,5-6H2. The number of nitro groups is 1. The lowest BCUT2D eigenvalue weighted by atomic mass is 10.1. The minimum absolute atomic E-state index is 0.0996. The Morgan fingerprint density at radius 1 is 1.40 bits per heavy atom. The molecule has 82 valence electrons. The molecule has 0 spiro atoms. The molecule has 0 N–H and O–H groups in total. The molecule has 0 aromatic heterocycles. The van der Waals surface area contributed by atoms with Crippen LogP contribution in [0.2, 0.25) is 0 Å². The third kappa shape index (κ3) is 4.36. The molecule has 0 aliphatic carbocycles. The largest absolute Gasteiger partial charge is 0.272 e. The first-order chi connectivity index (χ1) is 6.90. The van der Waals surface area contributed by atoms with Crippen LogP contribution in [0.3, 0.4) is 0 Å². The number of nitrogens with zero attached hydrogens (tertiary/aromatic N) is 1. The molecule has 6 heteroatoms. The Labute approximate surface area is 106 Å². The van der Waals surface area contributed by atoms with Gasteiger partial charge in [0.25, 0.3) is 5.69 Å². The number of hydrogen-bond donors (Lipinski definition) is 0. The molecule has 0 radical (unpaired) electrons. The van der Waals surface area contributed by atoms with Crippen molar-refractivity contribution in [1.29, 1.82) is 0 Å². The third-order valence-corrected chi connectivity index (χ3v) is 2.64. The minimum atomic E-state index is -1.03. The average Bonchev–Trinajstić information content (AvgIpc) is 2.14. The molecule has 0 bridgehead atoms. The number of aryl methyl sites for hydroxylation is 1. The first-order valence-electron chi connectivity index (χ1n) is 4.19. The Morgan fingerprint density at radius 2 is 2.00 bits per heavy atom. The lowest BCUT2D eigenvalue weighted by molar-refractivity contribution is -0.385. The van der Waals surface area contributed by atoms with Crippen LogP contribution < -0.4 is 0 Å². The zero-order valence-electron chi connectivity index (χ0n) is 7.62. The van der Waals surface area contributed by atoms with E-state index in [1.165, 1.54) is 6.07 Å². The SMILES string of the molecule is O=[N+]([O-])c1ccccc1CCC(Cl)(Cl)Br. The van der Waals surface area contributed by atoms with Crippen molar-refractivity contribution in [3.63, 3.8) is 0 Å². The lowest BCUT2D eigenvalue weighted by Gasteiger charge is -2.10. The van der Waals surface area contributed by atoms with E-state index in [-0.39, 0.29) is 5.69 Å². The summed E-state index contributed by atoms with van der Waals surface area (Å²) < 4.78 is -1.03.